The van der Waals surface area contributed by atoms with E-state index in [1.54, 1.807) is 0 Å². The third-order valence-corrected chi connectivity index (χ3v) is 6.85. The first-order valence-corrected chi connectivity index (χ1v) is 11.6. The van der Waals surface area contributed by atoms with E-state index < -0.39 is 0 Å². The molecule has 7 aromatic rings. The molecule has 0 radical (unpaired) electrons. The third kappa shape index (κ3) is 2.89. The second-order valence-electron chi connectivity index (χ2n) is 9.18. The second-order valence-corrected chi connectivity index (χ2v) is 9.18. The summed E-state index contributed by atoms with van der Waals surface area (Å²) in [4.78, 5) is 0. The molecule has 2 aromatic heterocycles. The topological polar surface area (TPSA) is 26.3 Å². The zero-order valence-electron chi connectivity index (χ0n) is 19.1. The summed E-state index contributed by atoms with van der Waals surface area (Å²) in [5.41, 5.74) is 10.7. The van der Waals surface area contributed by atoms with Gasteiger partial charge in [0.15, 0.2) is 11.2 Å². The zero-order chi connectivity index (χ0) is 22.8. The summed E-state index contributed by atoms with van der Waals surface area (Å²) in [7, 11) is 0. The Morgan fingerprint density at radius 3 is 1.18 bits per heavy atom. The fraction of sp³-hybridized carbons (Fsp3) is 0.0625. The average Bonchev–Trinajstić information content (AvgIpc) is 3.42. The van der Waals surface area contributed by atoms with Gasteiger partial charge in [0, 0.05) is 21.5 Å². The Labute approximate surface area is 197 Å². The van der Waals surface area contributed by atoms with Crippen molar-refractivity contribution in [2.24, 2.45) is 0 Å². The molecule has 0 aliphatic rings. The molecule has 2 nitrogen and oxygen atoms in total. The molecular formula is C32H22O2. The molecule has 0 spiro atoms. The van der Waals surface area contributed by atoms with Gasteiger partial charge in [0.25, 0.3) is 0 Å². The Balaban J connectivity index is 1.43. The molecule has 0 amide bonds. The molecule has 5 aromatic carbocycles. The van der Waals surface area contributed by atoms with E-state index in [0.29, 0.717) is 0 Å². The van der Waals surface area contributed by atoms with Gasteiger partial charge < -0.3 is 8.83 Å². The molecule has 2 heterocycles. The highest BCUT2D eigenvalue weighted by molar-refractivity contribution is 6.19. The van der Waals surface area contributed by atoms with Crippen molar-refractivity contribution in [3.63, 3.8) is 0 Å². The SMILES string of the molecule is Cc1ccc(-c2ccc3oc4c(ccc5c6cc(-c7ccc(C)cc7)ccc6oc54)c3c2)cc1. The van der Waals surface area contributed by atoms with Crippen LogP contribution in [-0.4, -0.2) is 0 Å². The molecule has 0 bridgehead atoms. The first-order valence-electron chi connectivity index (χ1n) is 11.6. The van der Waals surface area contributed by atoms with Crippen LogP contribution in [0.15, 0.2) is 106 Å². The molecular weight excluding hydrogens is 416 g/mol. The largest absolute Gasteiger partial charge is 0.452 e. The minimum atomic E-state index is 0.807. The number of rotatable bonds is 2. The molecule has 0 saturated carbocycles. The predicted octanol–water partition coefficient (Wildman–Crippen LogP) is 9.44. The van der Waals surface area contributed by atoms with E-state index in [2.05, 4.69) is 111 Å². The highest BCUT2D eigenvalue weighted by Gasteiger charge is 2.17. The number of fused-ring (bicyclic) bond motifs is 7. The van der Waals surface area contributed by atoms with Crippen molar-refractivity contribution >= 4 is 43.9 Å². The highest BCUT2D eigenvalue weighted by atomic mass is 16.4. The summed E-state index contributed by atoms with van der Waals surface area (Å²) < 4.78 is 12.7. The predicted molar refractivity (Wildman–Crippen MR) is 141 cm³/mol. The van der Waals surface area contributed by atoms with Crippen LogP contribution in [0.4, 0.5) is 0 Å². The molecule has 2 heteroatoms. The maximum atomic E-state index is 6.34. The Kier molecular flexibility index (Phi) is 4.01. The Morgan fingerprint density at radius 1 is 0.382 bits per heavy atom. The summed E-state index contributed by atoms with van der Waals surface area (Å²) in [6.07, 6.45) is 0. The van der Waals surface area contributed by atoms with Crippen LogP contribution in [0, 0.1) is 13.8 Å². The van der Waals surface area contributed by atoms with Gasteiger partial charge in [-0.15, -0.1) is 0 Å². The van der Waals surface area contributed by atoms with Gasteiger partial charge in [-0.25, -0.2) is 0 Å². The Morgan fingerprint density at radius 2 is 0.765 bits per heavy atom. The summed E-state index contributed by atoms with van der Waals surface area (Å²) in [5.74, 6) is 0. The van der Waals surface area contributed by atoms with E-state index in [4.69, 9.17) is 8.83 Å². The average molecular weight is 439 g/mol. The molecule has 34 heavy (non-hydrogen) atoms. The molecule has 0 aliphatic carbocycles. The van der Waals surface area contributed by atoms with Gasteiger partial charge in [0.1, 0.15) is 11.2 Å². The molecule has 7 rings (SSSR count). The van der Waals surface area contributed by atoms with Gasteiger partial charge in [0.05, 0.1) is 0 Å². The maximum Gasteiger partial charge on any atom is 0.178 e. The van der Waals surface area contributed by atoms with E-state index >= 15 is 0 Å². The van der Waals surface area contributed by atoms with Gasteiger partial charge in [-0.2, -0.15) is 0 Å². The van der Waals surface area contributed by atoms with Crippen LogP contribution in [0.1, 0.15) is 11.1 Å². The minimum Gasteiger partial charge on any atom is -0.452 e. The van der Waals surface area contributed by atoms with Crippen molar-refractivity contribution in [1.29, 1.82) is 0 Å². The number of aryl methyl sites for hydroxylation is 2. The number of hydrogen-bond donors (Lipinski definition) is 0. The maximum absolute atomic E-state index is 6.34. The molecule has 0 atom stereocenters. The quantitative estimate of drug-likeness (QED) is 0.269. The molecule has 0 unspecified atom stereocenters. The summed E-state index contributed by atoms with van der Waals surface area (Å²) in [6, 6.07) is 34.4. The molecule has 0 aliphatic heterocycles. The summed E-state index contributed by atoms with van der Waals surface area (Å²) >= 11 is 0. The number of benzene rings is 5. The highest BCUT2D eigenvalue weighted by Crippen LogP contribution is 2.40. The van der Waals surface area contributed by atoms with Crippen LogP contribution in [0.2, 0.25) is 0 Å². The van der Waals surface area contributed by atoms with E-state index in [0.717, 1.165) is 43.9 Å². The van der Waals surface area contributed by atoms with E-state index in [1.807, 2.05) is 0 Å². The van der Waals surface area contributed by atoms with Crippen LogP contribution in [-0.2, 0) is 0 Å². The van der Waals surface area contributed by atoms with Crippen molar-refractivity contribution < 1.29 is 8.83 Å². The molecule has 162 valence electrons. The Hall–Kier alpha value is -4.30. The lowest BCUT2D eigenvalue weighted by atomic mass is 10.0. The van der Waals surface area contributed by atoms with Crippen LogP contribution in [0.25, 0.3) is 66.1 Å². The van der Waals surface area contributed by atoms with Gasteiger partial charge in [0.2, 0.25) is 0 Å². The van der Waals surface area contributed by atoms with Crippen molar-refractivity contribution in [3.05, 3.63) is 108 Å². The van der Waals surface area contributed by atoms with Crippen LogP contribution < -0.4 is 0 Å². The van der Waals surface area contributed by atoms with Crippen molar-refractivity contribution in [2.75, 3.05) is 0 Å². The lowest BCUT2D eigenvalue weighted by molar-refractivity contribution is 0.633. The van der Waals surface area contributed by atoms with Gasteiger partial charge in [-0.3, -0.25) is 0 Å². The van der Waals surface area contributed by atoms with Crippen molar-refractivity contribution in [3.8, 4) is 22.3 Å². The van der Waals surface area contributed by atoms with E-state index in [-0.39, 0.29) is 0 Å². The standard InChI is InChI=1S/C32H22O2/c1-19-3-7-21(8-4-19)23-11-15-29-27(17-23)25-13-14-26-28-18-24(22-9-5-20(2)6-10-22)12-16-30(28)34-32(26)31(25)33-29/h3-18H,1-2H3. The van der Waals surface area contributed by atoms with E-state index in [1.165, 1.54) is 33.4 Å². The zero-order valence-corrected chi connectivity index (χ0v) is 19.1. The van der Waals surface area contributed by atoms with Gasteiger partial charge >= 0.3 is 0 Å². The van der Waals surface area contributed by atoms with Crippen LogP contribution >= 0.6 is 0 Å². The summed E-state index contributed by atoms with van der Waals surface area (Å²) in [6.45, 7) is 4.22. The van der Waals surface area contributed by atoms with Crippen molar-refractivity contribution in [1.82, 2.24) is 0 Å². The molecule has 0 fully saturated rings. The van der Waals surface area contributed by atoms with Crippen molar-refractivity contribution in [2.45, 2.75) is 13.8 Å². The lowest BCUT2D eigenvalue weighted by Crippen LogP contribution is -1.79. The Bertz CT molecular complexity index is 1710. The molecule has 0 saturated heterocycles. The fourth-order valence-electron chi connectivity index (χ4n) is 4.92. The smallest absolute Gasteiger partial charge is 0.178 e. The second kappa shape index (κ2) is 7.10. The molecule has 0 N–H and O–H groups in total. The lowest BCUT2D eigenvalue weighted by Gasteiger charge is -2.02. The van der Waals surface area contributed by atoms with E-state index in [9.17, 15) is 0 Å². The minimum absolute atomic E-state index is 0.807. The first-order chi connectivity index (χ1) is 16.6. The monoisotopic (exact) mass is 438 g/mol. The van der Waals surface area contributed by atoms with Gasteiger partial charge in [-0.1, -0.05) is 71.8 Å². The number of hydrogen-bond acceptors (Lipinski definition) is 2. The van der Waals surface area contributed by atoms with Crippen LogP contribution in [0.3, 0.4) is 0 Å². The fourth-order valence-corrected chi connectivity index (χ4v) is 4.92. The van der Waals surface area contributed by atoms with Crippen LogP contribution in [0.5, 0.6) is 0 Å². The number of furan rings is 2. The van der Waals surface area contributed by atoms with Gasteiger partial charge in [-0.05, 0) is 72.5 Å². The summed E-state index contributed by atoms with van der Waals surface area (Å²) in [5, 5.41) is 4.37. The normalized spacial score (nSPS) is 11.8. The third-order valence-electron chi connectivity index (χ3n) is 6.85. The first kappa shape index (κ1) is 19.2.